The Morgan fingerprint density at radius 2 is 1.93 bits per heavy atom. The largest absolute Gasteiger partial charge is 0.329 e. The van der Waals surface area contributed by atoms with E-state index in [4.69, 9.17) is 9.79 Å². The summed E-state index contributed by atoms with van der Waals surface area (Å²) in [5.41, 5.74) is 1.64. The van der Waals surface area contributed by atoms with Crippen LogP contribution in [0.15, 0.2) is 35.9 Å². The van der Waals surface area contributed by atoms with Gasteiger partial charge < -0.3 is 9.79 Å². The highest BCUT2D eigenvalue weighted by atomic mass is 31.2. The molecule has 76 valence electrons. The molecule has 14 heavy (non-hydrogen) atoms. The predicted molar refractivity (Wildman–Crippen MR) is 57.0 cm³/mol. The van der Waals surface area contributed by atoms with E-state index in [1.807, 2.05) is 30.3 Å². The maximum Gasteiger partial charge on any atom is 0.329 e. The molecule has 0 aliphatic rings. The van der Waals surface area contributed by atoms with Crippen molar-refractivity contribution in [3.05, 3.63) is 41.5 Å². The Kier molecular flexibility index (Phi) is 3.64. The molecule has 0 unspecified atom stereocenters. The first kappa shape index (κ1) is 11.2. The van der Waals surface area contributed by atoms with E-state index in [1.165, 1.54) is 0 Å². The third-order valence-electron chi connectivity index (χ3n) is 1.67. The summed E-state index contributed by atoms with van der Waals surface area (Å²) in [5.74, 6) is 0. The summed E-state index contributed by atoms with van der Waals surface area (Å²) in [6.07, 6.45) is 1.60. The van der Waals surface area contributed by atoms with Gasteiger partial charge in [0.25, 0.3) is 0 Å². The van der Waals surface area contributed by atoms with Gasteiger partial charge in [0, 0.05) is 0 Å². The molecule has 3 nitrogen and oxygen atoms in total. The molecule has 0 spiro atoms. The van der Waals surface area contributed by atoms with Crippen molar-refractivity contribution in [2.45, 2.75) is 6.92 Å². The molecule has 0 radical (unpaired) electrons. The average Bonchev–Trinajstić information content (AvgIpc) is 2.02. The van der Waals surface area contributed by atoms with Crippen LogP contribution in [-0.4, -0.2) is 15.9 Å². The summed E-state index contributed by atoms with van der Waals surface area (Å²) < 4.78 is 10.7. The highest BCUT2D eigenvalue weighted by Crippen LogP contribution is 2.36. The Hall–Kier alpha value is -0.890. The fourth-order valence-electron chi connectivity index (χ4n) is 1.20. The van der Waals surface area contributed by atoms with E-state index >= 15 is 0 Å². The van der Waals surface area contributed by atoms with Gasteiger partial charge in [-0.1, -0.05) is 42.0 Å². The number of hydrogen-bond donors (Lipinski definition) is 2. The lowest BCUT2D eigenvalue weighted by Crippen LogP contribution is -1.89. The molecule has 1 aromatic rings. The molecule has 0 aliphatic carbocycles. The average molecular weight is 212 g/mol. The first-order valence-corrected chi connectivity index (χ1v) is 6.04. The quantitative estimate of drug-likeness (QED) is 0.755. The van der Waals surface area contributed by atoms with Gasteiger partial charge in [-0.15, -0.1) is 0 Å². The summed E-state index contributed by atoms with van der Waals surface area (Å²) in [6.45, 7) is 1.71. The summed E-state index contributed by atoms with van der Waals surface area (Å²) in [7, 11) is -3.93. The molecule has 2 N–H and O–H groups in total. The van der Waals surface area contributed by atoms with E-state index < -0.39 is 7.60 Å². The lowest BCUT2D eigenvalue weighted by atomic mass is 10.1. The highest BCUT2D eigenvalue weighted by molar-refractivity contribution is 7.52. The van der Waals surface area contributed by atoms with E-state index in [-0.39, 0.29) is 6.16 Å². The van der Waals surface area contributed by atoms with E-state index in [0.717, 1.165) is 5.56 Å². The molecule has 0 saturated heterocycles. The minimum atomic E-state index is -3.93. The van der Waals surface area contributed by atoms with Gasteiger partial charge >= 0.3 is 7.60 Å². The van der Waals surface area contributed by atoms with Gasteiger partial charge in [0.05, 0.1) is 6.16 Å². The second-order valence-electron chi connectivity index (χ2n) is 3.22. The van der Waals surface area contributed by atoms with Gasteiger partial charge in [0.1, 0.15) is 0 Å². The van der Waals surface area contributed by atoms with Crippen LogP contribution < -0.4 is 0 Å². The maximum absolute atomic E-state index is 10.7. The van der Waals surface area contributed by atoms with Gasteiger partial charge in [-0.3, -0.25) is 4.57 Å². The molecule has 0 bridgehead atoms. The standard InChI is InChI=1S/C10H13O3P/c1-9(8-14(11,12)13)7-10-5-3-2-4-6-10/h2-7H,8H2,1H3,(H2,11,12,13)/b9-7+. The lowest BCUT2D eigenvalue weighted by molar-refractivity contribution is 0.376. The summed E-state index contributed by atoms with van der Waals surface area (Å²) in [6, 6.07) is 9.45. The van der Waals surface area contributed by atoms with Crippen molar-refractivity contribution < 1.29 is 14.4 Å². The van der Waals surface area contributed by atoms with Gasteiger partial charge in [-0.05, 0) is 12.5 Å². The fourth-order valence-corrected chi connectivity index (χ4v) is 1.95. The zero-order valence-electron chi connectivity index (χ0n) is 7.92. The summed E-state index contributed by atoms with van der Waals surface area (Å²) in [5, 5.41) is 0. The van der Waals surface area contributed by atoms with E-state index in [0.29, 0.717) is 5.57 Å². The zero-order chi connectivity index (χ0) is 10.6. The Bertz CT molecular complexity index is 364. The molecule has 4 heteroatoms. The van der Waals surface area contributed by atoms with Gasteiger partial charge in [-0.2, -0.15) is 0 Å². The van der Waals surface area contributed by atoms with Crippen molar-refractivity contribution >= 4 is 13.7 Å². The molecule has 1 aromatic carbocycles. The number of hydrogen-bond acceptors (Lipinski definition) is 1. The molecule has 0 amide bonds. The Balaban J connectivity index is 2.75. The van der Waals surface area contributed by atoms with Crippen molar-refractivity contribution in [1.29, 1.82) is 0 Å². The van der Waals surface area contributed by atoms with Crippen LogP contribution in [0.2, 0.25) is 0 Å². The van der Waals surface area contributed by atoms with Crippen LogP contribution in [0.1, 0.15) is 12.5 Å². The van der Waals surface area contributed by atoms with Crippen molar-refractivity contribution in [3.63, 3.8) is 0 Å². The minimum Gasteiger partial charge on any atom is -0.324 e. The Morgan fingerprint density at radius 1 is 1.36 bits per heavy atom. The summed E-state index contributed by atoms with van der Waals surface area (Å²) in [4.78, 5) is 17.5. The van der Waals surface area contributed by atoms with Crippen LogP contribution in [0.25, 0.3) is 6.08 Å². The van der Waals surface area contributed by atoms with E-state index in [1.54, 1.807) is 13.0 Å². The minimum absolute atomic E-state index is 0.179. The fraction of sp³-hybridized carbons (Fsp3) is 0.200. The SMILES string of the molecule is C/C(=C\c1ccccc1)CP(=O)(O)O. The number of allylic oxidation sites excluding steroid dienone is 1. The summed E-state index contributed by atoms with van der Waals surface area (Å²) >= 11 is 0. The smallest absolute Gasteiger partial charge is 0.324 e. The van der Waals surface area contributed by atoms with Gasteiger partial charge in [0.2, 0.25) is 0 Å². The van der Waals surface area contributed by atoms with Crippen LogP contribution in [-0.2, 0) is 4.57 Å². The third-order valence-corrected chi connectivity index (χ3v) is 2.58. The second kappa shape index (κ2) is 4.56. The Morgan fingerprint density at radius 3 is 2.43 bits per heavy atom. The van der Waals surface area contributed by atoms with E-state index in [9.17, 15) is 4.57 Å². The topological polar surface area (TPSA) is 57.5 Å². The van der Waals surface area contributed by atoms with Crippen LogP contribution in [0, 0.1) is 0 Å². The molecule has 0 saturated carbocycles. The monoisotopic (exact) mass is 212 g/mol. The predicted octanol–water partition coefficient (Wildman–Crippen LogP) is 2.27. The number of benzene rings is 1. The van der Waals surface area contributed by atoms with Crippen molar-refractivity contribution in [2.24, 2.45) is 0 Å². The van der Waals surface area contributed by atoms with Crippen LogP contribution in [0.3, 0.4) is 0 Å². The molecular formula is C10H13O3P. The van der Waals surface area contributed by atoms with Gasteiger partial charge in [0.15, 0.2) is 0 Å². The van der Waals surface area contributed by atoms with Crippen molar-refractivity contribution in [2.75, 3.05) is 6.16 Å². The lowest BCUT2D eigenvalue weighted by Gasteiger charge is -2.03. The molecule has 0 fully saturated rings. The molecule has 1 rings (SSSR count). The first-order chi connectivity index (χ1) is 6.47. The van der Waals surface area contributed by atoms with Gasteiger partial charge in [-0.25, -0.2) is 0 Å². The van der Waals surface area contributed by atoms with Crippen LogP contribution in [0.4, 0.5) is 0 Å². The normalized spacial score (nSPS) is 12.9. The Labute approximate surface area is 83.3 Å². The van der Waals surface area contributed by atoms with Crippen molar-refractivity contribution in [1.82, 2.24) is 0 Å². The van der Waals surface area contributed by atoms with Crippen molar-refractivity contribution in [3.8, 4) is 0 Å². The molecule has 0 heterocycles. The number of rotatable bonds is 3. The maximum atomic E-state index is 10.7. The zero-order valence-corrected chi connectivity index (χ0v) is 8.82. The second-order valence-corrected chi connectivity index (χ2v) is 4.87. The highest BCUT2D eigenvalue weighted by Gasteiger charge is 2.12. The van der Waals surface area contributed by atoms with E-state index in [2.05, 4.69) is 0 Å². The molecule has 0 aliphatic heterocycles. The third kappa shape index (κ3) is 4.38. The molecule has 0 atom stereocenters. The molecular weight excluding hydrogens is 199 g/mol. The molecule has 0 aromatic heterocycles. The van der Waals surface area contributed by atoms with Crippen LogP contribution in [0.5, 0.6) is 0 Å². The van der Waals surface area contributed by atoms with Crippen LogP contribution >= 0.6 is 7.60 Å². The first-order valence-electron chi connectivity index (χ1n) is 4.24.